The number of nitrogen functional groups attached to an aromatic ring is 1. The molecule has 1 aromatic heterocycles. The first-order valence-electron chi connectivity index (χ1n) is 4.49. The van der Waals surface area contributed by atoms with E-state index in [0.717, 1.165) is 5.69 Å². The highest BCUT2D eigenvalue weighted by molar-refractivity contribution is 5.68. The van der Waals surface area contributed by atoms with Gasteiger partial charge in [0.2, 0.25) is 0 Å². The molecule has 0 bridgehead atoms. The van der Waals surface area contributed by atoms with E-state index in [9.17, 15) is 4.39 Å². The lowest BCUT2D eigenvalue weighted by atomic mass is 10.2. The van der Waals surface area contributed by atoms with Crippen molar-refractivity contribution in [2.45, 2.75) is 6.92 Å². The van der Waals surface area contributed by atoms with E-state index >= 15 is 0 Å². The number of nitrogens with two attached hydrogens (primary N) is 1. The number of nitrogens with zero attached hydrogens (tertiary/aromatic N) is 1. The van der Waals surface area contributed by atoms with Crippen molar-refractivity contribution in [1.29, 1.82) is 0 Å². The van der Waals surface area contributed by atoms with Crippen LogP contribution in [0.25, 0.3) is 0 Å². The summed E-state index contributed by atoms with van der Waals surface area (Å²) < 4.78 is 13.0. The first-order chi connectivity index (χ1) is 7.16. The lowest BCUT2D eigenvalue weighted by Gasteiger charge is -2.05. The van der Waals surface area contributed by atoms with E-state index in [1.165, 1.54) is 6.07 Å². The van der Waals surface area contributed by atoms with E-state index in [2.05, 4.69) is 15.5 Å². The first kappa shape index (κ1) is 9.51. The van der Waals surface area contributed by atoms with Gasteiger partial charge in [-0.3, -0.25) is 5.10 Å². The summed E-state index contributed by atoms with van der Waals surface area (Å²) in [5.74, 6) is 0.234. The average molecular weight is 206 g/mol. The number of hydrogen-bond donors (Lipinski definition) is 3. The van der Waals surface area contributed by atoms with Crippen LogP contribution in [0.1, 0.15) is 5.56 Å². The Bertz CT molecular complexity index is 478. The Balaban J connectivity index is 2.25. The Morgan fingerprint density at radius 1 is 1.47 bits per heavy atom. The third kappa shape index (κ3) is 1.90. The minimum absolute atomic E-state index is 0.222. The summed E-state index contributed by atoms with van der Waals surface area (Å²) in [6.45, 7) is 1.71. The molecule has 1 aromatic carbocycles. The first-order valence-corrected chi connectivity index (χ1v) is 4.49. The number of aromatic amines is 1. The van der Waals surface area contributed by atoms with Gasteiger partial charge >= 0.3 is 0 Å². The van der Waals surface area contributed by atoms with Gasteiger partial charge in [-0.1, -0.05) is 0 Å². The van der Waals surface area contributed by atoms with E-state index in [4.69, 9.17) is 5.73 Å². The SMILES string of the molecule is Cc1cc(Nc2cn[nH]c2N)ccc1F. The van der Waals surface area contributed by atoms with Gasteiger partial charge in [0, 0.05) is 5.69 Å². The summed E-state index contributed by atoms with van der Waals surface area (Å²) in [7, 11) is 0. The number of nitrogens with one attached hydrogen (secondary N) is 2. The van der Waals surface area contributed by atoms with Gasteiger partial charge in [0.1, 0.15) is 17.3 Å². The molecule has 0 unspecified atom stereocenters. The van der Waals surface area contributed by atoms with Gasteiger partial charge in [-0.05, 0) is 30.7 Å². The van der Waals surface area contributed by atoms with E-state index in [0.29, 0.717) is 17.1 Å². The smallest absolute Gasteiger partial charge is 0.143 e. The summed E-state index contributed by atoms with van der Waals surface area (Å²) in [6.07, 6.45) is 1.58. The highest BCUT2D eigenvalue weighted by Crippen LogP contribution is 2.21. The lowest BCUT2D eigenvalue weighted by molar-refractivity contribution is 0.619. The number of H-pyrrole nitrogens is 1. The fraction of sp³-hybridized carbons (Fsp3) is 0.100. The molecule has 15 heavy (non-hydrogen) atoms. The summed E-state index contributed by atoms with van der Waals surface area (Å²) in [5.41, 5.74) is 7.65. The third-order valence-electron chi connectivity index (χ3n) is 2.11. The molecule has 0 aliphatic carbocycles. The maximum absolute atomic E-state index is 13.0. The molecule has 0 aliphatic rings. The molecule has 0 atom stereocenters. The molecule has 4 N–H and O–H groups in total. The van der Waals surface area contributed by atoms with Crippen molar-refractivity contribution >= 4 is 17.2 Å². The lowest BCUT2D eigenvalue weighted by Crippen LogP contribution is -1.95. The third-order valence-corrected chi connectivity index (χ3v) is 2.11. The van der Waals surface area contributed by atoms with Crippen molar-refractivity contribution < 1.29 is 4.39 Å². The topological polar surface area (TPSA) is 66.7 Å². The quantitative estimate of drug-likeness (QED) is 0.705. The molecule has 78 valence electrons. The van der Waals surface area contributed by atoms with Crippen LogP contribution in [-0.4, -0.2) is 10.2 Å². The van der Waals surface area contributed by atoms with Crippen molar-refractivity contribution in [1.82, 2.24) is 10.2 Å². The van der Waals surface area contributed by atoms with Gasteiger partial charge < -0.3 is 11.1 Å². The Labute approximate surface area is 86.3 Å². The number of anilines is 3. The maximum Gasteiger partial charge on any atom is 0.143 e. The normalized spacial score (nSPS) is 10.3. The second-order valence-electron chi connectivity index (χ2n) is 3.29. The van der Waals surface area contributed by atoms with E-state index in [1.54, 1.807) is 25.3 Å². The number of halogens is 1. The Morgan fingerprint density at radius 3 is 2.87 bits per heavy atom. The molecule has 0 saturated carbocycles. The van der Waals surface area contributed by atoms with Gasteiger partial charge in [-0.2, -0.15) is 5.10 Å². The molecule has 0 amide bonds. The van der Waals surface area contributed by atoms with Crippen LogP contribution in [-0.2, 0) is 0 Å². The van der Waals surface area contributed by atoms with Gasteiger partial charge in [-0.25, -0.2) is 4.39 Å². The molecular formula is C10H11FN4. The highest BCUT2D eigenvalue weighted by atomic mass is 19.1. The van der Waals surface area contributed by atoms with Crippen LogP contribution < -0.4 is 11.1 Å². The highest BCUT2D eigenvalue weighted by Gasteiger charge is 2.03. The monoisotopic (exact) mass is 206 g/mol. The Kier molecular flexibility index (Phi) is 2.29. The van der Waals surface area contributed by atoms with Gasteiger partial charge in [0.05, 0.1) is 6.20 Å². The Hall–Kier alpha value is -2.04. The van der Waals surface area contributed by atoms with Gasteiger partial charge in [-0.15, -0.1) is 0 Å². The van der Waals surface area contributed by atoms with E-state index in [-0.39, 0.29) is 5.82 Å². The second-order valence-corrected chi connectivity index (χ2v) is 3.29. The molecule has 2 rings (SSSR count). The van der Waals surface area contributed by atoms with Gasteiger partial charge in [0.15, 0.2) is 0 Å². The average Bonchev–Trinajstić information content (AvgIpc) is 2.59. The van der Waals surface area contributed by atoms with Crippen molar-refractivity contribution in [3.63, 3.8) is 0 Å². The summed E-state index contributed by atoms with van der Waals surface area (Å²) in [6, 6.07) is 4.77. The van der Waals surface area contributed by atoms with Crippen molar-refractivity contribution in [2.75, 3.05) is 11.1 Å². The fourth-order valence-corrected chi connectivity index (χ4v) is 1.27. The zero-order valence-electron chi connectivity index (χ0n) is 8.21. The van der Waals surface area contributed by atoms with Crippen LogP contribution in [0.3, 0.4) is 0 Å². The van der Waals surface area contributed by atoms with Gasteiger partial charge in [0.25, 0.3) is 0 Å². The van der Waals surface area contributed by atoms with Crippen LogP contribution in [0.15, 0.2) is 24.4 Å². The van der Waals surface area contributed by atoms with Crippen molar-refractivity contribution in [3.8, 4) is 0 Å². The zero-order chi connectivity index (χ0) is 10.8. The number of rotatable bonds is 2. The molecule has 2 aromatic rings. The van der Waals surface area contributed by atoms with Crippen molar-refractivity contribution in [3.05, 3.63) is 35.8 Å². The van der Waals surface area contributed by atoms with E-state index < -0.39 is 0 Å². The minimum atomic E-state index is -0.222. The largest absolute Gasteiger partial charge is 0.382 e. The summed E-state index contributed by atoms with van der Waals surface area (Å²) in [5, 5.41) is 9.41. The van der Waals surface area contributed by atoms with Crippen LogP contribution in [0.4, 0.5) is 21.6 Å². The number of aromatic nitrogens is 2. The number of hydrogen-bond acceptors (Lipinski definition) is 3. The maximum atomic E-state index is 13.0. The molecule has 4 nitrogen and oxygen atoms in total. The van der Waals surface area contributed by atoms with E-state index in [1.807, 2.05) is 0 Å². The molecular weight excluding hydrogens is 195 g/mol. The molecule has 1 heterocycles. The van der Waals surface area contributed by atoms with Crippen LogP contribution in [0.5, 0.6) is 0 Å². The molecule has 5 heteroatoms. The Morgan fingerprint density at radius 2 is 2.27 bits per heavy atom. The zero-order valence-corrected chi connectivity index (χ0v) is 8.21. The van der Waals surface area contributed by atoms with Crippen LogP contribution in [0.2, 0.25) is 0 Å². The van der Waals surface area contributed by atoms with Crippen LogP contribution >= 0.6 is 0 Å². The summed E-state index contributed by atoms with van der Waals surface area (Å²) >= 11 is 0. The minimum Gasteiger partial charge on any atom is -0.382 e. The fourth-order valence-electron chi connectivity index (χ4n) is 1.27. The van der Waals surface area contributed by atoms with Crippen molar-refractivity contribution in [2.24, 2.45) is 0 Å². The summed E-state index contributed by atoms with van der Waals surface area (Å²) in [4.78, 5) is 0. The molecule has 0 saturated heterocycles. The molecule has 0 fully saturated rings. The molecule has 0 radical (unpaired) electrons. The standard InChI is InChI=1S/C10H11FN4/c1-6-4-7(2-3-8(6)11)14-9-5-13-15-10(9)12/h2-5,14H,1H3,(H3,12,13,15). The number of benzene rings is 1. The second kappa shape index (κ2) is 3.61. The molecule has 0 spiro atoms. The molecule has 0 aliphatic heterocycles. The predicted molar refractivity (Wildman–Crippen MR) is 57.4 cm³/mol. The predicted octanol–water partition coefficient (Wildman–Crippen LogP) is 2.18. The van der Waals surface area contributed by atoms with Crippen LogP contribution in [0, 0.1) is 12.7 Å². The number of aryl methyl sites for hydroxylation is 1.